The van der Waals surface area contributed by atoms with E-state index >= 15 is 0 Å². The smallest absolute Gasteiger partial charge is 0.305 e. The Bertz CT molecular complexity index is 413. The molecule has 0 spiro atoms. The van der Waals surface area contributed by atoms with Gasteiger partial charge in [0.15, 0.2) is 0 Å². The van der Waals surface area contributed by atoms with Crippen molar-refractivity contribution in [3.8, 4) is 5.75 Å². The second kappa shape index (κ2) is 9.64. The predicted octanol–water partition coefficient (Wildman–Crippen LogP) is 3.11. The van der Waals surface area contributed by atoms with Crippen LogP contribution < -0.4 is 10.5 Å². The van der Waals surface area contributed by atoms with E-state index in [4.69, 9.17) is 15.2 Å². The summed E-state index contributed by atoms with van der Waals surface area (Å²) in [6.45, 7) is 6.76. The largest absolute Gasteiger partial charge is 0.494 e. The summed E-state index contributed by atoms with van der Waals surface area (Å²) in [5.74, 6) is 0.643. The molecular weight excluding hydrogens is 290 g/mol. The van der Waals surface area contributed by atoms with Crippen molar-refractivity contribution < 1.29 is 14.3 Å². The van der Waals surface area contributed by atoms with Crippen LogP contribution in [0.1, 0.15) is 39.2 Å². The fourth-order valence-electron chi connectivity index (χ4n) is 1.87. The van der Waals surface area contributed by atoms with Gasteiger partial charge in [-0.2, -0.15) is 0 Å². The highest BCUT2D eigenvalue weighted by Gasteiger charge is 2.11. The molecule has 21 heavy (non-hydrogen) atoms. The molecule has 0 aliphatic heterocycles. The van der Waals surface area contributed by atoms with E-state index in [1.165, 1.54) is 5.56 Å². The lowest BCUT2D eigenvalue weighted by molar-refractivity contribution is -0.143. The molecule has 0 heterocycles. The van der Waals surface area contributed by atoms with E-state index < -0.39 is 0 Å². The summed E-state index contributed by atoms with van der Waals surface area (Å²) in [6.07, 6.45) is 1.89. The Morgan fingerprint density at radius 2 is 1.86 bits per heavy atom. The molecule has 0 fully saturated rings. The summed E-state index contributed by atoms with van der Waals surface area (Å²) in [6, 6.07) is 7.92. The van der Waals surface area contributed by atoms with E-state index in [-0.39, 0.29) is 23.9 Å². The zero-order valence-corrected chi connectivity index (χ0v) is 13.9. The molecule has 0 saturated heterocycles. The molecule has 0 aromatic heterocycles. The minimum absolute atomic E-state index is 0. The molecule has 4 nitrogen and oxygen atoms in total. The Labute approximate surface area is 133 Å². The molecule has 0 aliphatic rings. The second-order valence-corrected chi connectivity index (χ2v) is 5.57. The average Bonchev–Trinajstić information content (AvgIpc) is 2.35. The molecule has 0 atom stereocenters. The van der Waals surface area contributed by atoms with Gasteiger partial charge in [0, 0.05) is 12.0 Å². The van der Waals surface area contributed by atoms with Crippen molar-refractivity contribution in [3.63, 3.8) is 0 Å². The summed E-state index contributed by atoms with van der Waals surface area (Å²) in [7, 11) is 0. The number of rotatable bonds is 8. The fourth-order valence-corrected chi connectivity index (χ4v) is 1.87. The van der Waals surface area contributed by atoms with Crippen LogP contribution in [0, 0.1) is 0 Å². The molecule has 120 valence electrons. The van der Waals surface area contributed by atoms with Gasteiger partial charge in [-0.3, -0.25) is 4.79 Å². The lowest BCUT2D eigenvalue weighted by atomic mass is 9.96. The number of esters is 1. The number of ether oxygens (including phenoxy) is 2. The number of nitrogens with two attached hydrogens (primary N) is 1. The van der Waals surface area contributed by atoms with Gasteiger partial charge in [-0.25, -0.2) is 0 Å². The van der Waals surface area contributed by atoms with Gasteiger partial charge in [-0.05, 0) is 51.3 Å². The first-order chi connectivity index (χ1) is 9.40. The van der Waals surface area contributed by atoms with Crippen molar-refractivity contribution in [2.45, 2.75) is 45.6 Å². The number of halogens is 1. The van der Waals surface area contributed by atoms with Crippen molar-refractivity contribution in [2.75, 3.05) is 13.2 Å². The van der Waals surface area contributed by atoms with Gasteiger partial charge in [0.25, 0.3) is 0 Å². The van der Waals surface area contributed by atoms with Gasteiger partial charge in [-0.1, -0.05) is 12.1 Å². The molecule has 1 rings (SSSR count). The lowest BCUT2D eigenvalue weighted by Gasteiger charge is -2.18. The summed E-state index contributed by atoms with van der Waals surface area (Å²) in [4.78, 5) is 11.1. The lowest BCUT2D eigenvalue weighted by Crippen LogP contribution is -2.34. The Morgan fingerprint density at radius 1 is 1.24 bits per heavy atom. The van der Waals surface area contributed by atoms with Crippen LogP contribution in [0.3, 0.4) is 0 Å². The Kier molecular flexibility index (Phi) is 9.06. The van der Waals surface area contributed by atoms with E-state index in [0.717, 1.165) is 12.2 Å². The number of carbonyl (C=O) groups excluding carboxylic acids is 1. The third-order valence-electron chi connectivity index (χ3n) is 2.68. The average molecular weight is 316 g/mol. The third kappa shape index (κ3) is 9.32. The van der Waals surface area contributed by atoms with Crippen molar-refractivity contribution in [1.82, 2.24) is 0 Å². The second-order valence-electron chi connectivity index (χ2n) is 5.57. The first kappa shape index (κ1) is 19.7. The van der Waals surface area contributed by atoms with Gasteiger partial charge in [0.2, 0.25) is 0 Å². The van der Waals surface area contributed by atoms with Crippen LogP contribution in [-0.4, -0.2) is 24.7 Å². The Balaban J connectivity index is 0.00000400. The summed E-state index contributed by atoms with van der Waals surface area (Å²) in [5, 5.41) is 0. The first-order valence-electron chi connectivity index (χ1n) is 7.07. The molecule has 1 aromatic rings. The van der Waals surface area contributed by atoms with E-state index in [0.29, 0.717) is 26.1 Å². The topological polar surface area (TPSA) is 61.5 Å². The van der Waals surface area contributed by atoms with E-state index in [1.807, 2.05) is 38.1 Å². The SMILES string of the molecule is CCOC(=O)CCCOc1ccc(CC(C)(C)N)cc1.Cl. The maximum atomic E-state index is 11.1. The first-order valence-corrected chi connectivity index (χ1v) is 7.07. The van der Waals surface area contributed by atoms with Crippen molar-refractivity contribution in [2.24, 2.45) is 5.73 Å². The number of benzene rings is 1. The molecule has 0 saturated carbocycles. The van der Waals surface area contributed by atoms with Crippen LogP contribution in [0.4, 0.5) is 0 Å². The van der Waals surface area contributed by atoms with Crippen molar-refractivity contribution in [1.29, 1.82) is 0 Å². The minimum atomic E-state index is -0.206. The summed E-state index contributed by atoms with van der Waals surface area (Å²) < 4.78 is 10.4. The highest BCUT2D eigenvalue weighted by Crippen LogP contribution is 2.16. The molecule has 0 radical (unpaired) electrons. The zero-order valence-electron chi connectivity index (χ0n) is 13.1. The van der Waals surface area contributed by atoms with Crippen LogP contribution in [0.25, 0.3) is 0 Å². The normalized spacial score (nSPS) is 10.7. The zero-order chi connectivity index (χ0) is 15.0. The highest BCUT2D eigenvalue weighted by atomic mass is 35.5. The molecule has 1 aromatic carbocycles. The molecule has 2 N–H and O–H groups in total. The van der Waals surface area contributed by atoms with Gasteiger partial charge in [0.05, 0.1) is 13.2 Å². The van der Waals surface area contributed by atoms with Crippen molar-refractivity contribution >= 4 is 18.4 Å². The van der Waals surface area contributed by atoms with Gasteiger partial charge in [0.1, 0.15) is 5.75 Å². The van der Waals surface area contributed by atoms with Gasteiger partial charge >= 0.3 is 5.97 Å². The van der Waals surface area contributed by atoms with Crippen LogP contribution in [-0.2, 0) is 16.0 Å². The summed E-state index contributed by atoms with van der Waals surface area (Å²) in [5.41, 5.74) is 6.97. The quantitative estimate of drug-likeness (QED) is 0.591. The molecule has 0 bridgehead atoms. The van der Waals surface area contributed by atoms with E-state index in [1.54, 1.807) is 6.92 Å². The Morgan fingerprint density at radius 3 is 2.38 bits per heavy atom. The van der Waals surface area contributed by atoms with Gasteiger partial charge < -0.3 is 15.2 Å². The maximum Gasteiger partial charge on any atom is 0.305 e. The van der Waals surface area contributed by atoms with Crippen LogP contribution >= 0.6 is 12.4 Å². The third-order valence-corrected chi connectivity index (χ3v) is 2.68. The van der Waals surface area contributed by atoms with Crippen LogP contribution in [0.15, 0.2) is 24.3 Å². The van der Waals surface area contributed by atoms with E-state index in [9.17, 15) is 4.79 Å². The predicted molar refractivity (Wildman–Crippen MR) is 87.0 cm³/mol. The van der Waals surface area contributed by atoms with Gasteiger partial charge in [-0.15, -0.1) is 12.4 Å². The molecule has 0 unspecified atom stereocenters. The number of hydrogen-bond acceptors (Lipinski definition) is 4. The molecule has 0 amide bonds. The van der Waals surface area contributed by atoms with Crippen molar-refractivity contribution in [3.05, 3.63) is 29.8 Å². The monoisotopic (exact) mass is 315 g/mol. The standard InChI is InChI=1S/C16H25NO3.ClH/c1-4-19-15(18)6-5-11-20-14-9-7-13(8-10-14)12-16(2,3)17;/h7-10H,4-6,11-12,17H2,1-3H3;1H. The van der Waals surface area contributed by atoms with E-state index in [2.05, 4.69) is 0 Å². The minimum Gasteiger partial charge on any atom is -0.494 e. The molecule has 0 aliphatic carbocycles. The highest BCUT2D eigenvalue weighted by molar-refractivity contribution is 5.85. The molecular formula is C16H26ClNO3. The number of carbonyl (C=O) groups is 1. The van der Waals surface area contributed by atoms with Crippen LogP contribution in [0.2, 0.25) is 0 Å². The Hall–Kier alpha value is -1.26. The molecule has 5 heteroatoms. The van der Waals surface area contributed by atoms with Crippen LogP contribution in [0.5, 0.6) is 5.75 Å². The summed E-state index contributed by atoms with van der Waals surface area (Å²) >= 11 is 0. The number of hydrogen-bond donors (Lipinski definition) is 1. The maximum absolute atomic E-state index is 11.1. The fraction of sp³-hybridized carbons (Fsp3) is 0.562.